The van der Waals surface area contributed by atoms with E-state index < -0.39 is 0 Å². The molecule has 0 radical (unpaired) electrons. The summed E-state index contributed by atoms with van der Waals surface area (Å²) in [4.78, 5) is 0. The van der Waals surface area contributed by atoms with Crippen LogP contribution in [0.2, 0.25) is 0 Å². The van der Waals surface area contributed by atoms with Gasteiger partial charge in [-0.05, 0) is 49.2 Å². The first-order chi connectivity index (χ1) is 7.67. The van der Waals surface area contributed by atoms with E-state index in [1.54, 1.807) is 0 Å². The SMILES string of the molecule is CCNCC(CC)Cc1cc(F)ccc1F. The molecule has 1 rings (SSSR count). The third kappa shape index (κ3) is 3.89. The molecule has 0 saturated heterocycles. The Morgan fingerprint density at radius 3 is 2.62 bits per heavy atom. The van der Waals surface area contributed by atoms with E-state index in [9.17, 15) is 8.78 Å². The van der Waals surface area contributed by atoms with Crippen molar-refractivity contribution < 1.29 is 8.78 Å². The summed E-state index contributed by atoms with van der Waals surface area (Å²) in [6.45, 7) is 5.86. The van der Waals surface area contributed by atoms with Crippen LogP contribution in [0.25, 0.3) is 0 Å². The molecule has 0 heterocycles. The van der Waals surface area contributed by atoms with Gasteiger partial charge in [0.05, 0.1) is 0 Å². The molecule has 1 unspecified atom stereocenters. The van der Waals surface area contributed by atoms with Crippen molar-refractivity contribution in [2.24, 2.45) is 5.92 Å². The van der Waals surface area contributed by atoms with Crippen LogP contribution >= 0.6 is 0 Å². The van der Waals surface area contributed by atoms with E-state index >= 15 is 0 Å². The minimum absolute atomic E-state index is 0.309. The highest BCUT2D eigenvalue weighted by Gasteiger charge is 2.11. The molecule has 0 aliphatic rings. The highest BCUT2D eigenvalue weighted by molar-refractivity contribution is 5.19. The van der Waals surface area contributed by atoms with E-state index in [1.165, 1.54) is 12.1 Å². The Bertz CT molecular complexity index is 326. The van der Waals surface area contributed by atoms with Gasteiger partial charge < -0.3 is 5.32 Å². The van der Waals surface area contributed by atoms with Crippen LogP contribution in [0.1, 0.15) is 25.8 Å². The van der Waals surface area contributed by atoms with Crippen molar-refractivity contribution in [3.63, 3.8) is 0 Å². The Labute approximate surface area is 95.9 Å². The molecule has 1 aromatic rings. The van der Waals surface area contributed by atoms with Gasteiger partial charge in [-0.3, -0.25) is 0 Å². The molecule has 0 saturated carbocycles. The smallest absolute Gasteiger partial charge is 0.126 e. The molecule has 0 aliphatic heterocycles. The van der Waals surface area contributed by atoms with Gasteiger partial charge in [-0.25, -0.2) is 8.78 Å². The first-order valence-corrected chi connectivity index (χ1v) is 5.82. The second-order valence-electron chi connectivity index (χ2n) is 4.02. The highest BCUT2D eigenvalue weighted by atomic mass is 19.1. The molecular weight excluding hydrogens is 208 g/mol. The normalized spacial score (nSPS) is 12.8. The minimum Gasteiger partial charge on any atom is -0.317 e. The quantitative estimate of drug-likeness (QED) is 0.787. The molecular formula is C13H19F2N. The van der Waals surface area contributed by atoms with Crippen LogP contribution in [-0.2, 0) is 6.42 Å². The largest absolute Gasteiger partial charge is 0.317 e. The molecule has 3 heteroatoms. The summed E-state index contributed by atoms with van der Waals surface area (Å²) >= 11 is 0. The number of nitrogens with one attached hydrogen (secondary N) is 1. The molecule has 0 aliphatic carbocycles. The van der Waals surface area contributed by atoms with Gasteiger partial charge >= 0.3 is 0 Å². The lowest BCUT2D eigenvalue weighted by atomic mass is 9.96. The lowest BCUT2D eigenvalue weighted by Gasteiger charge is -2.15. The molecule has 1 N–H and O–H groups in total. The Morgan fingerprint density at radius 1 is 1.25 bits per heavy atom. The van der Waals surface area contributed by atoms with Crippen molar-refractivity contribution in [3.8, 4) is 0 Å². The first kappa shape index (κ1) is 13.1. The predicted molar refractivity (Wildman–Crippen MR) is 62.4 cm³/mol. The number of benzene rings is 1. The fraction of sp³-hybridized carbons (Fsp3) is 0.538. The lowest BCUT2D eigenvalue weighted by molar-refractivity contribution is 0.455. The van der Waals surface area contributed by atoms with Crippen LogP contribution in [-0.4, -0.2) is 13.1 Å². The summed E-state index contributed by atoms with van der Waals surface area (Å²) in [5.41, 5.74) is 0.477. The second kappa shape index (κ2) is 6.59. The summed E-state index contributed by atoms with van der Waals surface area (Å²) in [7, 11) is 0. The Kier molecular flexibility index (Phi) is 5.39. The lowest BCUT2D eigenvalue weighted by Crippen LogP contribution is -2.23. The van der Waals surface area contributed by atoms with Crippen molar-refractivity contribution >= 4 is 0 Å². The van der Waals surface area contributed by atoms with Gasteiger partial charge in [-0.15, -0.1) is 0 Å². The topological polar surface area (TPSA) is 12.0 Å². The van der Waals surface area contributed by atoms with Gasteiger partial charge in [0.15, 0.2) is 0 Å². The van der Waals surface area contributed by atoms with Crippen LogP contribution < -0.4 is 5.32 Å². The molecule has 16 heavy (non-hydrogen) atoms. The third-order valence-corrected chi connectivity index (χ3v) is 2.78. The van der Waals surface area contributed by atoms with Gasteiger partial charge in [0.1, 0.15) is 11.6 Å². The zero-order valence-electron chi connectivity index (χ0n) is 9.89. The molecule has 1 nitrogen and oxygen atoms in total. The van der Waals surface area contributed by atoms with Gasteiger partial charge in [-0.2, -0.15) is 0 Å². The van der Waals surface area contributed by atoms with Crippen LogP contribution in [0.4, 0.5) is 8.78 Å². The summed E-state index contributed by atoms with van der Waals surface area (Å²) < 4.78 is 26.4. The van der Waals surface area contributed by atoms with Gasteiger partial charge in [0.2, 0.25) is 0 Å². The number of hydrogen-bond donors (Lipinski definition) is 1. The van der Waals surface area contributed by atoms with E-state index in [0.717, 1.165) is 25.6 Å². The van der Waals surface area contributed by atoms with E-state index in [2.05, 4.69) is 12.2 Å². The fourth-order valence-electron chi connectivity index (χ4n) is 1.72. The van der Waals surface area contributed by atoms with E-state index in [4.69, 9.17) is 0 Å². The molecule has 1 atom stereocenters. The molecule has 90 valence electrons. The van der Waals surface area contributed by atoms with Crippen molar-refractivity contribution in [2.75, 3.05) is 13.1 Å². The van der Waals surface area contributed by atoms with Crippen LogP contribution in [0.15, 0.2) is 18.2 Å². The van der Waals surface area contributed by atoms with Gasteiger partial charge in [-0.1, -0.05) is 20.3 Å². The second-order valence-corrected chi connectivity index (χ2v) is 4.02. The standard InChI is InChI=1S/C13H19F2N/c1-3-10(9-16-4-2)7-11-8-12(14)5-6-13(11)15/h5-6,8,10,16H,3-4,7,9H2,1-2H3. The fourth-order valence-corrected chi connectivity index (χ4v) is 1.72. The average molecular weight is 227 g/mol. The van der Waals surface area contributed by atoms with Crippen molar-refractivity contribution in [1.82, 2.24) is 5.32 Å². The van der Waals surface area contributed by atoms with Gasteiger partial charge in [0, 0.05) is 0 Å². The Hall–Kier alpha value is -0.960. The van der Waals surface area contributed by atoms with Crippen molar-refractivity contribution in [1.29, 1.82) is 0 Å². The summed E-state index contributed by atoms with van der Waals surface area (Å²) in [6, 6.07) is 3.65. The van der Waals surface area contributed by atoms with E-state index in [0.29, 0.717) is 17.9 Å². The molecule has 1 aromatic carbocycles. The summed E-state index contributed by atoms with van der Waals surface area (Å²) in [6.07, 6.45) is 1.55. The maximum atomic E-state index is 13.4. The first-order valence-electron chi connectivity index (χ1n) is 5.82. The summed E-state index contributed by atoms with van der Waals surface area (Å²) in [5, 5.41) is 3.24. The highest BCUT2D eigenvalue weighted by Crippen LogP contribution is 2.16. The molecule has 0 fully saturated rings. The van der Waals surface area contributed by atoms with Crippen LogP contribution in [0, 0.1) is 17.6 Å². The minimum atomic E-state index is -0.366. The number of rotatable bonds is 6. The van der Waals surface area contributed by atoms with Crippen molar-refractivity contribution in [3.05, 3.63) is 35.4 Å². The van der Waals surface area contributed by atoms with Crippen molar-refractivity contribution in [2.45, 2.75) is 26.7 Å². The third-order valence-electron chi connectivity index (χ3n) is 2.78. The van der Waals surface area contributed by atoms with Gasteiger partial charge in [0.25, 0.3) is 0 Å². The predicted octanol–water partition coefficient (Wildman–Crippen LogP) is 3.14. The molecule has 0 amide bonds. The zero-order valence-corrected chi connectivity index (χ0v) is 9.89. The number of halogens is 2. The van der Waals surface area contributed by atoms with Crippen LogP contribution in [0.5, 0.6) is 0 Å². The maximum Gasteiger partial charge on any atom is 0.126 e. The molecule has 0 bridgehead atoms. The van der Waals surface area contributed by atoms with Crippen LogP contribution in [0.3, 0.4) is 0 Å². The Morgan fingerprint density at radius 2 is 2.00 bits per heavy atom. The number of hydrogen-bond acceptors (Lipinski definition) is 1. The zero-order chi connectivity index (χ0) is 12.0. The molecule has 0 aromatic heterocycles. The Balaban J connectivity index is 2.65. The average Bonchev–Trinajstić information content (AvgIpc) is 2.28. The monoisotopic (exact) mass is 227 g/mol. The maximum absolute atomic E-state index is 13.4. The van der Waals surface area contributed by atoms with E-state index in [-0.39, 0.29) is 11.6 Å². The summed E-state index contributed by atoms with van der Waals surface area (Å²) in [5.74, 6) is -0.317. The molecule has 0 spiro atoms. The van der Waals surface area contributed by atoms with E-state index in [1.807, 2.05) is 6.92 Å².